The molecule has 1 aromatic carbocycles. The Balaban J connectivity index is 1.61. The number of amides is 1. The lowest BCUT2D eigenvalue weighted by Gasteiger charge is -2.19. The summed E-state index contributed by atoms with van der Waals surface area (Å²) >= 11 is 0. The molecule has 2 N–H and O–H groups in total. The van der Waals surface area contributed by atoms with Gasteiger partial charge in [0, 0.05) is 25.5 Å². The number of carbonyl (C=O) groups is 1. The zero-order valence-corrected chi connectivity index (χ0v) is 13.3. The van der Waals surface area contributed by atoms with E-state index in [1.54, 1.807) is 13.3 Å². The fourth-order valence-corrected chi connectivity index (χ4v) is 2.85. The minimum Gasteiger partial charge on any atom is -0.497 e. The Bertz CT molecular complexity index is 700. The van der Waals surface area contributed by atoms with Crippen molar-refractivity contribution in [2.75, 3.05) is 20.2 Å². The van der Waals surface area contributed by atoms with E-state index in [0.717, 1.165) is 48.4 Å². The second-order valence-electron chi connectivity index (χ2n) is 5.61. The fourth-order valence-electron chi connectivity index (χ4n) is 2.85. The van der Waals surface area contributed by atoms with Crippen LogP contribution < -0.4 is 15.4 Å². The lowest BCUT2D eigenvalue weighted by atomic mass is 9.98. The van der Waals surface area contributed by atoms with E-state index in [2.05, 4.69) is 15.6 Å². The van der Waals surface area contributed by atoms with Crippen molar-refractivity contribution in [1.82, 2.24) is 15.6 Å². The summed E-state index contributed by atoms with van der Waals surface area (Å²) < 4.78 is 5.21. The molecule has 0 saturated heterocycles. The van der Waals surface area contributed by atoms with E-state index in [1.807, 2.05) is 30.5 Å². The summed E-state index contributed by atoms with van der Waals surface area (Å²) in [7, 11) is 1.65. The van der Waals surface area contributed by atoms with E-state index in [1.165, 1.54) is 0 Å². The molecule has 0 aliphatic carbocycles. The minimum atomic E-state index is -0.0425. The van der Waals surface area contributed by atoms with Crippen molar-refractivity contribution in [2.45, 2.75) is 19.4 Å². The average Bonchev–Trinajstić information content (AvgIpc) is 2.61. The van der Waals surface area contributed by atoms with Gasteiger partial charge in [0.15, 0.2) is 0 Å². The van der Waals surface area contributed by atoms with Crippen LogP contribution >= 0.6 is 0 Å². The molecular formula is C18H21N3O2. The summed E-state index contributed by atoms with van der Waals surface area (Å²) in [4.78, 5) is 16.6. The number of aromatic nitrogens is 1. The summed E-state index contributed by atoms with van der Waals surface area (Å²) in [5.74, 6) is 0.793. The monoisotopic (exact) mass is 311 g/mol. The lowest BCUT2D eigenvalue weighted by Crippen LogP contribution is -2.30. The second kappa shape index (κ2) is 7.24. The molecule has 1 aliphatic rings. The Labute approximate surface area is 136 Å². The molecule has 5 nitrogen and oxygen atoms in total. The van der Waals surface area contributed by atoms with Gasteiger partial charge in [-0.3, -0.25) is 9.78 Å². The summed E-state index contributed by atoms with van der Waals surface area (Å²) in [6.07, 6.45) is 5.16. The molecule has 0 fully saturated rings. The van der Waals surface area contributed by atoms with Crippen LogP contribution in [-0.2, 0) is 19.4 Å². The maximum Gasteiger partial charge on any atom is 0.253 e. The highest BCUT2D eigenvalue weighted by Crippen LogP contribution is 2.17. The standard InChI is InChI=1S/C18H21N3O2/c1-23-15-4-2-3-13(9-15)5-8-21-18(22)17-12-20-11-14-10-19-7-6-16(14)17/h2-4,9,11-12,19H,5-8,10H2,1H3,(H,21,22). The Morgan fingerprint density at radius 1 is 1.39 bits per heavy atom. The van der Waals surface area contributed by atoms with Crippen LogP contribution in [0.3, 0.4) is 0 Å². The number of benzene rings is 1. The Kier molecular flexibility index (Phi) is 4.88. The average molecular weight is 311 g/mol. The number of nitrogens with one attached hydrogen (secondary N) is 2. The van der Waals surface area contributed by atoms with Gasteiger partial charge in [-0.15, -0.1) is 0 Å². The van der Waals surface area contributed by atoms with Crippen LogP contribution in [0.15, 0.2) is 36.7 Å². The normalized spacial score (nSPS) is 13.3. The minimum absolute atomic E-state index is 0.0425. The van der Waals surface area contributed by atoms with Crippen molar-refractivity contribution in [3.63, 3.8) is 0 Å². The van der Waals surface area contributed by atoms with E-state index in [4.69, 9.17) is 4.74 Å². The Morgan fingerprint density at radius 2 is 2.30 bits per heavy atom. The molecule has 2 heterocycles. The third-order valence-corrected chi connectivity index (χ3v) is 4.09. The third-order valence-electron chi connectivity index (χ3n) is 4.09. The molecule has 3 rings (SSSR count). The van der Waals surface area contributed by atoms with Crippen molar-refractivity contribution in [1.29, 1.82) is 0 Å². The van der Waals surface area contributed by atoms with Crippen LogP contribution in [0.25, 0.3) is 0 Å². The molecule has 0 bridgehead atoms. The van der Waals surface area contributed by atoms with Crippen LogP contribution in [0.5, 0.6) is 5.75 Å². The number of pyridine rings is 1. The lowest BCUT2D eigenvalue weighted by molar-refractivity contribution is 0.0952. The summed E-state index contributed by atoms with van der Waals surface area (Å²) in [6, 6.07) is 7.90. The SMILES string of the molecule is COc1cccc(CCNC(=O)c2cncc3c2CCNC3)c1. The smallest absolute Gasteiger partial charge is 0.253 e. The van der Waals surface area contributed by atoms with Crippen molar-refractivity contribution >= 4 is 5.91 Å². The van der Waals surface area contributed by atoms with E-state index >= 15 is 0 Å². The van der Waals surface area contributed by atoms with Crippen LogP contribution in [0, 0.1) is 0 Å². The van der Waals surface area contributed by atoms with Crippen molar-refractivity contribution < 1.29 is 9.53 Å². The predicted octanol–water partition coefficient (Wildman–Crippen LogP) is 1.71. The van der Waals surface area contributed by atoms with Crippen molar-refractivity contribution in [3.8, 4) is 5.75 Å². The van der Waals surface area contributed by atoms with Crippen LogP contribution in [0.4, 0.5) is 0 Å². The second-order valence-corrected chi connectivity index (χ2v) is 5.61. The highest BCUT2D eigenvalue weighted by Gasteiger charge is 2.17. The maximum absolute atomic E-state index is 12.4. The Morgan fingerprint density at radius 3 is 3.17 bits per heavy atom. The number of nitrogens with zero attached hydrogens (tertiary/aromatic N) is 1. The van der Waals surface area contributed by atoms with Gasteiger partial charge in [-0.05, 0) is 48.2 Å². The first-order valence-corrected chi connectivity index (χ1v) is 7.85. The van der Waals surface area contributed by atoms with E-state index in [9.17, 15) is 4.79 Å². The van der Waals surface area contributed by atoms with Gasteiger partial charge in [-0.25, -0.2) is 0 Å². The molecule has 1 aliphatic heterocycles. The number of carbonyl (C=O) groups excluding carboxylic acids is 1. The van der Waals surface area contributed by atoms with Crippen LogP contribution in [0.1, 0.15) is 27.0 Å². The van der Waals surface area contributed by atoms with E-state index < -0.39 is 0 Å². The molecule has 2 aromatic rings. The van der Waals surface area contributed by atoms with Crippen LogP contribution in [-0.4, -0.2) is 31.1 Å². The first-order chi connectivity index (χ1) is 11.3. The Hall–Kier alpha value is -2.40. The van der Waals surface area contributed by atoms with Gasteiger partial charge in [0.2, 0.25) is 0 Å². The molecule has 0 unspecified atom stereocenters. The van der Waals surface area contributed by atoms with Gasteiger partial charge >= 0.3 is 0 Å². The van der Waals surface area contributed by atoms with Crippen molar-refractivity contribution in [2.24, 2.45) is 0 Å². The number of hydrogen-bond acceptors (Lipinski definition) is 4. The number of fused-ring (bicyclic) bond motifs is 1. The summed E-state index contributed by atoms with van der Waals surface area (Å²) in [5, 5.41) is 6.29. The fraction of sp³-hybridized carbons (Fsp3) is 0.333. The number of methoxy groups -OCH3 is 1. The quantitative estimate of drug-likeness (QED) is 0.882. The zero-order valence-electron chi connectivity index (χ0n) is 13.3. The molecule has 5 heteroatoms. The largest absolute Gasteiger partial charge is 0.497 e. The molecule has 0 saturated carbocycles. The van der Waals surface area contributed by atoms with E-state index in [0.29, 0.717) is 12.1 Å². The third kappa shape index (κ3) is 3.68. The molecule has 120 valence electrons. The van der Waals surface area contributed by atoms with Gasteiger partial charge < -0.3 is 15.4 Å². The van der Waals surface area contributed by atoms with E-state index in [-0.39, 0.29) is 5.91 Å². The van der Waals surface area contributed by atoms with Gasteiger partial charge in [0.05, 0.1) is 12.7 Å². The maximum atomic E-state index is 12.4. The molecule has 0 radical (unpaired) electrons. The number of ether oxygens (including phenoxy) is 1. The zero-order chi connectivity index (χ0) is 16.1. The molecular weight excluding hydrogens is 290 g/mol. The molecule has 0 spiro atoms. The highest BCUT2D eigenvalue weighted by atomic mass is 16.5. The van der Waals surface area contributed by atoms with Gasteiger partial charge in [-0.2, -0.15) is 0 Å². The molecule has 1 aromatic heterocycles. The van der Waals surface area contributed by atoms with Gasteiger partial charge in [-0.1, -0.05) is 12.1 Å². The first kappa shape index (κ1) is 15.5. The molecule has 0 atom stereocenters. The first-order valence-electron chi connectivity index (χ1n) is 7.85. The molecule has 1 amide bonds. The summed E-state index contributed by atoms with van der Waals surface area (Å²) in [5.41, 5.74) is 4.09. The van der Waals surface area contributed by atoms with Gasteiger partial charge in [0.1, 0.15) is 5.75 Å². The van der Waals surface area contributed by atoms with Crippen molar-refractivity contribution in [3.05, 3.63) is 58.9 Å². The van der Waals surface area contributed by atoms with Gasteiger partial charge in [0.25, 0.3) is 5.91 Å². The highest BCUT2D eigenvalue weighted by molar-refractivity contribution is 5.95. The van der Waals surface area contributed by atoms with Crippen LogP contribution in [0.2, 0.25) is 0 Å². The number of rotatable bonds is 5. The number of hydrogen-bond donors (Lipinski definition) is 2. The predicted molar refractivity (Wildman–Crippen MR) is 88.7 cm³/mol. The summed E-state index contributed by atoms with van der Waals surface area (Å²) in [6.45, 7) is 2.28. The topological polar surface area (TPSA) is 63.2 Å². The molecule has 23 heavy (non-hydrogen) atoms.